The predicted octanol–water partition coefficient (Wildman–Crippen LogP) is 3.26. The smallest absolute Gasteiger partial charge is 0.311 e. The van der Waals surface area contributed by atoms with Gasteiger partial charge in [0.25, 0.3) is 5.92 Å². The van der Waals surface area contributed by atoms with E-state index in [9.17, 15) is 13.6 Å². The second-order valence-electron chi connectivity index (χ2n) is 4.36. The molecule has 1 aliphatic rings. The molecule has 0 amide bonds. The normalized spacial score (nSPS) is 20.5. The summed E-state index contributed by atoms with van der Waals surface area (Å²) < 4.78 is 30.1. The van der Waals surface area contributed by atoms with Crippen LogP contribution in [0, 0.1) is 5.92 Å². The molecule has 0 radical (unpaired) electrons. The fourth-order valence-electron chi connectivity index (χ4n) is 1.64. The van der Waals surface area contributed by atoms with Gasteiger partial charge in [-0.05, 0) is 18.6 Å². The molecule has 0 aromatic heterocycles. The molecule has 18 heavy (non-hydrogen) atoms. The molecule has 1 aromatic rings. The number of alkyl halides is 2. The maximum atomic E-state index is 12.6. The average Bonchev–Trinajstić information content (AvgIpc) is 2.89. The van der Waals surface area contributed by atoms with Gasteiger partial charge in [-0.25, -0.2) is 8.78 Å². The zero-order valence-corrected chi connectivity index (χ0v) is 10.2. The van der Waals surface area contributed by atoms with E-state index in [4.69, 9.17) is 22.1 Å². The third-order valence-electron chi connectivity index (χ3n) is 2.85. The third kappa shape index (κ3) is 3.10. The summed E-state index contributed by atoms with van der Waals surface area (Å²) in [5.74, 6) is -3.55. The predicted molar refractivity (Wildman–Crippen MR) is 63.8 cm³/mol. The molecule has 6 heteroatoms. The standard InChI is InChI=1S/C12H12ClF2NO2/c13-9-3-2-8(5-10(9)16)18-11(17)4-1-7-6-12(7,14)15/h2-3,5,7H,1,4,6,16H2. The minimum atomic E-state index is -2.59. The molecule has 98 valence electrons. The number of hydrogen-bond donors (Lipinski definition) is 1. The summed E-state index contributed by atoms with van der Waals surface area (Å²) in [7, 11) is 0. The Morgan fingerprint density at radius 3 is 2.78 bits per heavy atom. The number of anilines is 1. The Balaban J connectivity index is 1.82. The van der Waals surface area contributed by atoms with E-state index in [1.165, 1.54) is 18.2 Å². The van der Waals surface area contributed by atoms with E-state index >= 15 is 0 Å². The second-order valence-corrected chi connectivity index (χ2v) is 4.77. The van der Waals surface area contributed by atoms with Gasteiger partial charge >= 0.3 is 5.97 Å². The number of nitrogen functional groups attached to an aromatic ring is 1. The lowest BCUT2D eigenvalue weighted by Crippen LogP contribution is -2.09. The van der Waals surface area contributed by atoms with Crippen molar-refractivity contribution in [2.45, 2.75) is 25.2 Å². The van der Waals surface area contributed by atoms with Crippen LogP contribution in [0.4, 0.5) is 14.5 Å². The van der Waals surface area contributed by atoms with Crippen LogP contribution in [0.25, 0.3) is 0 Å². The van der Waals surface area contributed by atoms with Gasteiger partial charge in [-0.15, -0.1) is 0 Å². The van der Waals surface area contributed by atoms with Crippen LogP contribution in [0.3, 0.4) is 0 Å². The Labute approximate surface area is 108 Å². The number of carbonyl (C=O) groups is 1. The van der Waals surface area contributed by atoms with E-state index in [1.807, 2.05) is 0 Å². The highest BCUT2D eigenvalue weighted by atomic mass is 35.5. The van der Waals surface area contributed by atoms with E-state index in [-0.39, 0.29) is 25.0 Å². The molecule has 0 heterocycles. The minimum absolute atomic E-state index is 0.0250. The molecular formula is C12H12ClF2NO2. The van der Waals surface area contributed by atoms with Gasteiger partial charge in [0.05, 0.1) is 10.7 Å². The van der Waals surface area contributed by atoms with Crippen LogP contribution in [0.5, 0.6) is 5.75 Å². The van der Waals surface area contributed by atoms with Crippen molar-refractivity contribution in [1.82, 2.24) is 0 Å². The zero-order chi connectivity index (χ0) is 13.3. The fraction of sp³-hybridized carbons (Fsp3) is 0.417. The van der Waals surface area contributed by atoms with Crippen LogP contribution in [-0.2, 0) is 4.79 Å². The Bertz CT molecular complexity index is 479. The first-order valence-corrected chi connectivity index (χ1v) is 5.90. The van der Waals surface area contributed by atoms with Gasteiger partial charge in [0.15, 0.2) is 0 Å². The van der Waals surface area contributed by atoms with Crippen LogP contribution in [0.1, 0.15) is 19.3 Å². The Morgan fingerprint density at radius 1 is 1.56 bits per heavy atom. The van der Waals surface area contributed by atoms with Gasteiger partial charge in [-0.2, -0.15) is 0 Å². The van der Waals surface area contributed by atoms with Crippen molar-refractivity contribution in [2.24, 2.45) is 5.92 Å². The van der Waals surface area contributed by atoms with Crippen molar-refractivity contribution >= 4 is 23.3 Å². The molecule has 1 atom stereocenters. The van der Waals surface area contributed by atoms with E-state index in [1.54, 1.807) is 0 Å². The first-order valence-electron chi connectivity index (χ1n) is 5.52. The van der Waals surface area contributed by atoms with Crippen molar-refractivity contribution in [3.63, 3.8) is 0 Å². The van der Waals surface area contributed by atoms with Crippen molar-refractivity contribution in [2.75, 3.05) is 5.73 Å². The monoisotopic (exact) mass is 275 g/mol. The fourth-order valence-corrected chi connectivity index (χ4v) is 1.76. The SMILES string of the molecule is Nc1cc(OC(=O)CCC2CC2(F)F)ccc1Cl. The quantitative estimate of drug-likeness (QED) is 0.521. The van der Waals surface area contributed by atoms with Crippen molar-refractivity contribution in [1.29, 1.82) is 0 Å². The summed E-state index contributed by atoms with van der Waals surface area (Å²) in [5, 5.41) is 0.368. The number of halogens is 3. The Hall–Kier alpha value is -1.36. The maximum Gasteiger partial charge on any atom is 0.311 e. The van der Waals surface area contributed by atoms with E-state index in [0.29, 0.717) is 10.7 Å². The summed E-state index contributed by atoms with van der Waals surface area (Å²) >= 11 is 5.71. The van der Waals surface area contributed by atoms with Gasteiger partial charge in [-0.3, -0.25) is 4.79 Å². The number of carbonyl (C=O) groups excluding carboxylic acids is 1. The number of ether oxygens (including phenoxy) is 1. The molecular weight excluding hydrogens is 264 g/mol. The lowest BCUT2D eigenvalue weighted by Gasteiger charge is -2.05. The van der Waals surface area contributed by atoms with Gasteiger partial charge < -0.3 is 10.5 Å². The van der Waals surface area contributed by atoms with Crippen LogP contribution in [0.2, 0.25) is 5.02 Å². The molecule has 1 aliphatic carbocycles. The Kier molecular flexibility index (Phi) is 3.43. The largest absolute Gasteiger partial charge is 0.426 e. The molecule has 0 saturated heterocycles. The first kappa shape index (κ1) is 13.1. The van der Waals surface area contributed by atoms with Gasteiger partial charge in [0, 0.05) is 24.8 Å². The van der Waals surface area contributed by atoms with Crippen LogP contribution >= 0.6 is 11.6 Å². The lowest BCUT2D eigenvalue weighted by atomic mass is 10.2. The van der Waals surface area contributed by atoms with E-state index < -0.39 is 17.8 Å². The number of benzene rings is 1. The van der Waals surface area contributed by atoms with Crippen molar-refractivity contribution < 1.29 is 18.3 Å². The highest BCUT2D eigenvalue weighted by Crippen LogP contribution is 2.51. The summed E-state index contributed by atoms with van der Waals surface area (Å²) in [6, 6.07) is 4.43. The molecule has 0 spiro atoms. The summed E-state index contributed by atoms with van der Waals surface area (Å²) in [6.45, 7) is 0. The van der Waals surface area contributed by atoms with E-state index in [2.05, 4.69) is 0 Å². The molecule has 2 N–H and O–H groups in total. The minimum Gasteiger partial charge on any atom is -0.426 e. The molecule has 3 nitrogen and oxygen atoms in total. The molecule has 1 fully saturated rings. The van der Waals surface area contributed by atoms with Gasteiger partial charge in [0.2, 0.25) is 0 Å². The Morgan fingerprint density at radius 2 is 2.22 bits per heavy atom. The van der Waals surface area contributed by atoms with Gasteiger partial charge in [-0.1, -0.05) is 11.6 Å². The molecule has 1 unspecified atom stereocenters. The highest BCUT2D eigenvalue weighted by Gasteiger charge is 2.56. The third-order valence-corrected chi connectivity index (χ3v) is 3.20. The molecule has 2 rings (SSSR count). The molecule has 1 saturated carbocycles. The molecule has 0 aliphatic heterocycles. The number of hydrogen-bond acceptors (Lipinski definition) is 3. The lowest BCUT2D eigenvalue weighted by molar-refractivity contribution is -0.134. The highest BCUT2D eigenvalue weighted by molar-refractivity contribution is 6.33. The summed E-state index contributed by atoms with van der Waals surface area (Å²) in [5.41, 5.74) is 5.84. The first-order chi connectivity index (χ1) is 8.38. The van der Waals surface area contributed by atoms with Crippen LogP contribution in [0.15, 0.2) is 18.2 Å². The average molecular weight is 276 g/mol. The number of esters is 1. The zero-order valence-electron chi connectivity index (χ0n) is 9.46. The van der Waals surface area contributed by atoms with Gasteiger partial charge in [0.1, 0.15) is 5.75 Å². The molecule has 0 bridgehead atoms. The van der Waals surface area contributed by atoms with Crippen LogP contribution in [-0.4, -0.2) is 11.9 Å². The number of nitrogens with two attached hydrogens (primary N) is 1. The maximum absolute atomic E-state index is 12.6. The van der Waals surface area contributed by atoms with Crippen molar-refractivity contribution in [3.8, 4) is 5.75 Å². The van der Waals surface area contributed by atoms with E-state index in [0.717, 1.165) is 0 Å². The second kappa shape index (κ2) is 4.72. The van der Waals surface area contributed by atoms with Crippen LogP contribution < -0.4 is 10.5 Å². The topological polar surface area (TPSA) is 52.3 Å². The number of rotatable bonds is 4. The van der Waals surface area contributed by atoms with Crippen molar-refractivity contribution in [3.05, 3.63) is 23.2 Å². The summed E-state index contributed by atoms with van der Waals surface area (Å²) in [4.78, 5) is 11.4. The summed E-state index contributed by atoms with van der Waals surface area (Å²) in [6.07, 6.45) is -0.00807. The molecule has 1 aromatic carbocycles.